The summed E-state index contributed by atoms with van der Waals surface area (Å²) in [6.07, 6.45) is 1.72. The van der Waals surface area contributed by atoms with Crippen LogP contribution in [0.15, 0.2) is 47.5 Å². The summed E-state index contributed by atoms with van der Waals surface area (Å²) in [5.41, 5.74) is 2.47. The molecular formula is C20H22N6O2S2. The van der Waals surface area contributed by atoms with E-state index in [2.05, 4.69) is 32.4 Å². The van der Waals surface area contributed by atoms with Crippen molar-refractivity contribution >= 4 is 40.0 Å². The normalized spacial score (nSPS) is 10.6. The molecule has 0 aliphatic carbocycles. The molecule has 2 amide bonds. The number of carbonyl (C=O) groups is 2. The number of rotatable bonds is 9. The number of aryl methyl sites for hydroxylation is 2. The molecule has 0 aliphatic rings. The summed E-state index contributed by atoms with van der Waals surface area (Å²) in [4.78, 5) is 28.8. The topological polar surface area (TPSA) is 102 Å². The summed E-state index contributed by atoms with van der Waals surface area (Å²) in [7, 11) is 0. The number of amides is 2. The number of thioether (sulfide) groups is 1. The number of carbonyl (C=O) groups excluding carboxylic acids is 2. The minimum Gasteiger partial charge on any atom is -0.345 e. The zero-order valence-corrected chi connectivity index (χ0v) is 18.3. The number of thiazole rings is 1. The number of allylic oxidation sites excluding steroid dienone is 1. The fourth-order valence-electron chi connectivity index (χ4n) is 2.61. The molecule has 2 heterocycles. The molecule has 0 radical (unpaired) electrons. The predicted octanol–water partition coefficient (Wildman–Crippen LogP) is 3.20. The predicted molar refractivity (Wildman–Crippen MR) is 119 cm³/mol. The first kappa shape index (κ1) is 21.7. The maximum atomic E-state index is 12.4. The van der Waals surface area contributed by atoms with E-state index in [1.54, 1.807) is 12.1 Å². The lowest BCUT2D eigenvalue weighted by Crippen LogP contribution is -2.25. The van der Waals surface area contributed by atoms with E-state index in [1.807, 2.05) is 42.0 Å². The number of hydrogen-bond acceptors (Lipinski definition) is 7. The standard InChI is InChI=1S/C20H22N6O2S2/c1-4-8-26-16(10-21-18(28)15-7-5-6-13(2)9-15)24-25-20(26)30-12-17(27)23-19-22-14(3)11-29-19/h4-7,9,11H,1,8,10,12H2,2-3H3,(H,21,28)(H,22,23,27). The van der Waals surface area contributed by atoms with Gasteiger partial charge in [-0.2, -0.15) is 0 Å². The van der Waals surface area contributed by atoms with Crippen LogP contribution in [0.3, 0.4) is 0 Å². The SMILES string of the molecule is C=CCn1c(CNC(=O)c2cccc(C)c2)nnc1SCC(=O)Nc1nc(C)cs1. The van der Waals surface area contributed by atoms with E-state index in [1.165, 1.54) is 23.1 Å². The summed E-state index contributed by atoms with van der Waals surface area (Å²) in [6, 6.07) is 7.37. The Kier molecular flexibility index (Phi) is 7.36. The van der Waals surface area contributed by atoms with Crippen molar-refractivity contribution in [1.82, 2.24) is 25.1 Å². The minimum atomic E-state index is -0.181. The average Bonchev–Trinajstić information content (AvgIpc) is 3.30. The number of aromatic nitrogens is 4. The summed E-state index contributed by atoms with van der Waals surface area (Å²) < 4.78 is 1.83. The van der Waals surface area contributed by atoms with Crippen molar-refractivity contribution < 1.29 is 9.59 Å². The highest BCUT2D eigenvalue weighted by Crippen LogP contribution is 2.19. The van der Waals surface area contributed by atoms with Gasteiger partial charge in [-0.05, 0) is 26.0 Å². The Hall–Kier alpha value is -2.98. The van der Waals surface area contributed by atoms with Crippen LogP contribution < -0.4 is 10.6 Å². The molecule has 0 saturated carbocycles. The molecule has 2 aromatic heterocycles. The van der Waals surface area contributed by atoms with Gasteiger partial charge in [0.2, 0.25) is 5.91 Å². The highest BCUT2D eigenvalue weighted by molar-refractivity contribution is 7.99. The van der Waals surface area contributed by atoms with Crippen molar-refractivity contribution in [2.45, 2.75) is 32.1 Å². The molecule has 156 valence electrons. The zero-order chi connectivity index (χ0) is 21.5. The Morgan fingerprint density at radius 3 is 2.83 bits per heavy atom. The van der Waals surface area contributed by atoms with Crippen LogP contribution in [0.25, 0.3) is 0 Å². The number of hydrogen-bond donors (Lipinski definition) is 2. The molecule has 0 atom stereocenters. The monoisotopic (exact) mass is 442 g/mol. The molecule has 0 bridgehead atoms. The smallest absolute Gasteiger partial charge is 0.251 e. The fourth-order valence-corrected chi connectivity index (χ4v) is 4.08. The van der Waals surface area contributed by atoms with Crippen molar-refractivity contribution in [1.29, 1.82) is 0 Å². The van der Waals surface area contributed by atoms with Gasteiger partial charge in [-0.3, -0.25) is 9.59 Å². The summed E-state index contributed by atoms with van der Waals surface area (Å²) in [5.74, 6) is 0.411. The maximum Gasteiger partial charge on any atom is 0.251 e. The molecule has 1 aromatic carbocycles. The lowest BCUT2D eigenvalue weighted by molar-refractivity contribution is -0.113. The van der Waals surface area contributed by atoms with Crippen LogP contribution in [-0.4, -0.2) is 37.3 Å². The maximum absolute atomic E-state index is 12.4. The van der Waals surface area contributed by atoms with Crippen LogP contribution in [0.2, 0.25) is 0 Å². The molecule has 2 N–H and O–H groups in total. The van der Waals surface area contributed by atoms with Crippen molar-refractivity contribution in [3.8, 4) is 0 Å². The van der Waals surface area contributed by atoms with E-state index in [9.17, 15) is 9.59 Å². The van der Waals surface area contributed by atoms with E-state index in [-0.39, 0.29) is 24.1 Å². The van der Waals surface area contributed by atoms with Crippen molar-refractivity contribution in [2.24, 2.45) is 0 Å². The van der Waals surface area contributed by atoms with Gasteiger partial charge < -0.3 is 15.2 Å². The molecule has 0 aliphatic heterocycles. The minimum absolute atomic E-state index is 0.170. The van der Waals surface area contributed by atoms with Gasteiger partial charge in [-0.25, -0.2) is 4.98 Å². The summed E-state index contributed by atoms with van der Waals surface area (Å²) in [6.45, 7) is 8.27. The van der Waals surface area contributed by atoms with E-state index in [0.29, 0.717) is 28.2 Å². The number of nitrogens with one attached hydrogen (secondary N) is 2. The molecule has 0 unspecified atom stereocenters. The first-order chi connectivity index (χ1) is 14.5. The highest BCUT2D eigenvalue weighted by atomic mass is 32.2. The zero-order valence-electron chi connectivity index (χ0n) is 16.7. The second-order valence-electron chi connectivity index (χ2n) is 6.48. The Morgan fingerprint density at radius 2 is 2.13 bits per heavy atom. The molecule has 3 aromatic rings. The largest absolute Gasteiger partial charge is 0.345 e. The van der Waals surface area contributed by atoms with E-state index in [0.717, 1.165) is 11.3 Å². The third kappa shape index (κ3) is 5.77. The lowest BCUT2D eigenvalue weighted by Gasteiger charge is -2.09. The molecule has 8 nitrogen and oxygen atoms in total. The third-order valence-corrected chi connectivity index (χ3v) is 5.83. The highest BCUT2D eigenvalue weighted by Gasteiger charge is 2.15. The Labute approximate surface area is 182 Å². The van der Waals surface area contributed by atoms with Gasteiger partial charge in [0, 0.05) is 17.5 Å². The lowest BCUT2D eigenvalue weighted by atomic mass is 10.1. The van der Waals surface area contributed by atoms with Gasteiger partial charge in [-0.1, -0.05) is 35.5 Å². The van der Waals surface area contributed by atoms with Crippen molar-refractivity contribution in [3.05, 3.63) is 64.9 Å². The molecule has 0 spiro atoms. The first-order valence-electron chi connectivity index (χ1n) is 9.19. The fraction of sp³-hybridized carbons (Fsp3) is 0.250. The van der Waals surface area contributed by atoms with Crippen LogP contribution >= 0.6 is 23.1 Å². The Morgan fingerprint density at radius 1 is 1.30 bits per heavy atom. The molecule has 3 rings (SSSR count). The van der Waals surface area contributed by atoms with Crippen LogP contribution in [0.4, 0.5) is 5.13 Å². The van der Waals surface area contributed by atoms with E-state index >= 15 is 0 Å². The Balaban J connectivity index is 1.60. The van der Waals surface area contributed by atoms with Crippen LogP contribution in [0, 0.1) is 13.8 Å². The summed E-state index contributed by atoms with van der Waals surface area (Å²) in [5, 5.41) is 17.0. The number of nitrogens with zero attached hydrogens (tertiary/aromatic N) is 4. The van der Waals surface area contributed by atoms with Crippen LogP contribution in [0.1, 0.15) is 27.4 Å². The number of benzene rings is 1. The van der Waals surface area contributed by atoms with Gasteiger partial charge in [0.05, 0.1) is 18.0 Å². The molecule has 0 saturated heterocycles. The molecular weight excluding hydrogens is 420 g/mol. The van der Waals surface area contributed by atoms with Gasteiger partial charge in [0.1, 0.15) is 0 Å². The number of anilines is 1. The van der Waals surface area contributed by atoms with Crippen LogP contribution in [-0.2, 0) is 17.9 Å². The van der Waals surface area contributed by atoms with E-state index in [4.69, 9.17) is 0 Å². The van der Waals surface area contributed by atoms with E-state index < -0.39 is 0 Å². The van der Waals surface area contributed by atoms with Crippen molar-refractivity contribution in [2.75, 3.05) is 11.1 Å². The average molecular weight is 443 g/mol. The Bertz CT molecular complexity index is 1060. The van der Waals surface area contributed by atoms with Gasteiger partial charge in [-0.15, -0.1) is 28.1 Å². The second-order valence-corrected chi connectivity index (χ2v) is 8.28. The summed E-state index contributed by atoms with van der Waals surface area (Å²) >= 11 is 2.65. The van der Waals surface area contributed by atoms with Crippen LogP contribution in [0.5, 0.6) is 0 Å². The quantitative estimate of drug-likeness (QED) is 0.390. The second kappa shape index (κ2) is 10.2. The van der Waals surface area contributed by atoms with Gasteiger partial charge >= 0.3 is 0 Å². The third-order valence-electron chi connectivity index (χ3n) is 3.99. The van der Waals surface area contributed by atoms with Crippen molar-refractivity contribution in [3.63, 3.8) is 0 Å². The molecule has 10 heteroatoms. The first-order valence-corrected chi connectivity index (χ1v) is 11.1. The van der Waals surface area contributed by atoms with Gasteiger partial charge in [0.15, 0.2) is 16.1 Å². The van der Waals surface area contributed by atoms with Gasteiger partial charge in [0.25, 0.3) is 5.91 Å². The molecule has 30 heavy (non-hydrogen) atoms. The molecule has 0 fully saturated rings.